The third-order valence-corrected chi connectivity index (χ3v) is 4.59. The Morgan fingerprint density at radius 3 is 2.19 bits per heavy atom. The van der Waals surface area contributed by atoms with Gasteiger partial charge in [-0.1, -0.05) is 35.3 Å². The summed E-state index contributed by atoms with van der Waals surface area (Å²) >= 11 is 13.4. The number of thioether (sulfide) groups is 1. The van der Waals surface area contributed by atoms with E-state index in [0.717, 1.165) is 10.6 Å². The number of anilines is 2. The van der Waals surface area contributed by atoms with Gasteiger partial charge in [0, 0.05) is 20.6 Å². The van der Waals surface area contributed by atoms with E-state index in [1.807, 2.05) is 30.5 Å². The molecule has 2 aromatic rings. The Kier molecular flexibility index (Phi) is 7.78. The Labute approximate surface area is 167 Å². The van der Waals surface area contributed by atoms with E-state index in [9.17, 15) is 9.59 Å². The first kappa shape index (κ1) is 20.6. The summed E-state index contributed by atoms with van der Waals surface area (Å²) in [4.78, 5) is 26.9. The van der Waals surface area contributed by atoms with Crippen LogP contribution < -0.4 is 10.6 Å². The summed E-state index contributed by atoms with van der Waals surface area (Å²) in [5, 5.41) is 6.45. The van der Waals surface area contributed by atoms with Crippen LogP contribution in [-0.4, -0.2) is 43.1 Å². The van der Waals surface area contributed by atoms with Gasteiger partial charge >= 0.3 is 0 Å². The summed E-state index contributed by atoms with van der Waals surface area (Å²) in [6, 6.07) is 12.4. The highest BCUT2D eigenvalue weighted by atomic mass is 35.5. The molecule has 2 rings (SSSR count). The smallest absolute Gasteiger partial charge is 0.238 e. The molecule has 8 heteroatoms. The van der Waals surface area contributed by atoms with Gasteiger partial charge in [0.05, 0.1) is 18.8 Å². The number of nitrogens with one attached hydrogen (secondary N) is 2. The summed E-state index contributed by atoms with van der Waals surface area (Å²) in [5.41, 5.74) is 1.27. The van der Waals surface area contributed by atoms with Crippen LogP contribution in [-0.2, 0) is 9.59 Å². The van der Waals surface area contributed by atoms with Crippen LogP contribution in [0.2, 0.25) is 10.0 Å². The van der Waals surface area contributed by atoms with Crippen molar-refractivity contribution in [1.82, 2.24) is 4.90 Å². The van der Waals surface area contributed by atoms with Gasteiger partial charge < -0.3 is 10.6 Å². The fraction of sp³-hybridized carbons (Fsp3) is 0.222. The van der Waals surface area contributed by atoms with Gasteiger partial charge in [-0.05, 0) is 43.6 Å². The topological polar surface area (TPSA) is 61.4 Å². The second-order valence-electron chi connectivity index (χ2n) is 5.63. The maximum Gasteiger partial charge on any atom is 0.238 e. The van der Waals surface area contributed by atoms with Crippen LogP contribution >= 0.6 is 35.0 Å². The summed E-state index contributed by atoms with van der Waals surface area (Å²) < 4.78 is 0. The number of carbonyl (C=O) groups excluding carboxylic acids is 2. The van der Waals surface area contributed by atoms with Crippen molar-refractivity contribution in [2.45, 2.75) is 4.90 Å². The van der Waals surface area contributed by atoms with Gasteiger partial charge in [0.1, 0.15) is 0 Å². The van der Waals surface area contributed by atoms with Crippen molar-refractivity contribution in [3.63, 3.8) is 0 Å². The van der Waals surface area contributed by atoms with Crippen LogP contribution in [0.25, 0.3) is 0 Å². The van der Waals surface area contributed by atoms with Crippen molar-refractivity contribution >= 4 is 58.2 Å². The number of rotatable bonds is 7. The molecule has 5 nitrogen and oxygen atoms in total. The molecule has 0 heterocycles. The molecule has 2 amide bonds. The molecule has 0 aromatic heterocycles. The van der Waals surface area contributed by atoms with Crippen LogP contribution in [0.4, 0.5) is 11.4 Å². The number of para-hydroxylation sites is 1. The van der Waals surface area contributed by atoms with Crippen molar-refractivity contribution in [3.8, 4) is 0 Å². The molecular weight excluding hydrogens is 393 g/mol. The SMILES string of the molecule is CSc1ccccc1NC(=O)CN(C)CC(=O)Nc1cc(Cl)cc(Cl)c1. The quantitative estimate of drug-likeness (QED) is 0.669. The Bertz CT molecular complexity index is 782. The van der Waals surface area contributed by atoms with E-state index in [1.165, 1.54) is 0 Å². The zero-order chi connectivity index (χ0) is 19.1. The minimum Gasteiger partial charge on any atom is -0.325 e. The number of hydrogen-bond acceptors (Lipinski definition) is 4. The summed E-state index contributed by atoms with van der Waals surface area (Å²) in [6.07, 6.45) is 1.95. The normalized spacial score (nSPS) is 10.7. The van der Waals surface area contributed by atoms with E-state index in [1.54, 1.807) is 41.9 Å². The Balaban J connectivity index is 1.86. The molecule has 0 aliphatic carbocycles. The van der Waals surface area contributed by atoms with E-state index >= 15 is 0 Å². The third-order valence-electron chi connectivity index (χ3n) is 3.35. The largest absolute Gasteiger partial charge is 0.325 e. The van der Waals surface area contributed by atoms with Gasteiger partial charge in [-0.3, -0.25) is 14.5 Å². The van der Waals surface area contributed by atoms with Crippen LogP contribution in [0, 0.1) is 0 Å². The summed E-state index contributed by atoms with van der Waals surface area (Å²) in [6.45, 7) is 0.147. The zero-order valence-electron chi connectivity index (χ0n) is 14.4. The maximum absolute atomic E-state index is 12.2. The maximum atomic E-state index is 12.2. The van der Waals surface area contributed by atoms with Crippen molar-refractivity contribution in [3.05, 3.63) is 52.5 Å². The van der Waals surface area contributed by atoms with Gasteiger partial charge in [-0.15, -0.1) is 11.8 Å². The molecule has 138 valence electrons. The molecule has 0 spiro atoms. The molecule has 2 N–H and O–H groups in total. The molecule has 0 saturated heterocycles. The highest BCUT2D eigenvalue weighted by molar-refractivity contribution is 7.98. The lowest BCUT2D eigenvalue weighted by molar-refractivity contribution is -0.119. The minimum atomic E-state index is -0.261. The second kappa shape index (κ2) is 9.83. The predicted molar refractivity (Wildman–Crippen MR) is 109 cm³/mol. The number of amides is 2. The number of hydrogen-bond donors (Lipinski definition) is 2. The first-order valence-electron chi connectivity index (χ1n) is 7.74. The van der Waals surface area contributed by atoms with Gasteiger partial charge in [-0.2, -0.15) is 0 Å². The molecular formula is C18H19Cl2N3O2S. The van der Waals surface area contributed by atoms with Crippen molar-refractivity contribution < 1.29 is 9.59 Å². The number of benzene rings is 2. The molecule has 0 saturated carbocycles. The molecule has 26 heavy (non-hydrogen) atoms. The average molecular weight is 412 g/mol. The fourth-order valence-electron chi connectivity index (χ4n) is 2.31. The van der Waals surface area contributed by atoms with Crippen LogP contribution in [0.15, 0.2) is 47.4 Å². The molecule has 0 unspecified atom stereocenters. The summed E-state index contributed by atoms with van der Waals surface area (Å²) in [5.74, 6) is -0.448. The molecule has 0 aliphatic rings. The van der Waals surface area contributed by atoms with E-state index in [4.69, 9.17) is 23.2 Å². The molecule has 0 bridgehead atoms. The molecule has 2 aromatic carbocycles. The highest BCUT2D eigenvalue weighted by Crippen LogP contribution is 2.24. The highest BCUT2D eigenvalue weighted by Gasteiger charge is 2.13. The van der Waals surface area contributed by atoms with Crippen molar-refractivity contribution in [1.29, 1.82) is 0 Å². The first-order chi connectivity index (χ1) is 12.4. The summed E-state index contributed by atoms with van der Waals surface area (Å²) in [7, 11) is 1.70. The molecule has 0 atom stereocenters. The van der Waals surface area contributed by atoms with Gasteiger partial charge in [-0.25, -0.2) is 0 Å². The van der Waals surface area contributed by atoms with Crippen LogP contribution in [0.3, 0.4) is 0 Å². The number of nitrogens with zero attached hydrogens (tertiary/aromatic N) is 1. The second-order valence-corrected chi connectivity index (χ2v) is 7.35. The fourth-order valence-corrected chi connectivity index (χ4v) is 3.39. The lowest BCUT2D eigenvalue weighted by atomic mass is 10.3. The van der Waals surface area contributed by atoms with Crippen molar-refractivity contribution in [2.75, 3.05) is 37.0 Å². The Hall–Kier alpha value is -1.73. The first-order valence-corrected chi connectivity index (χ1v) is 9.73. The van der Waals surface area contributed by atoms with Crippen LogP contribution in [0.1, 0.15) is 0 Å². The van der Waals surface area contributed by atoms with Gasteiger partial charge in [0.15, 0.2) is 0 Å². The Morgan fingerprint density at radius 2 is 1.58 bits per heavy atom. The lowest BCUT2D eigenvalue weighted by Gasteiger charge is -2.17. The monoisotopic (exact) mass is 411 g/mol. The molecule has 0 radical (unpaired) electrons. The number of likely N-dealkylation sites (N-methyl/N-ethyl adjacent to an activating group) is 1. The van der Waals surface area contributed by atoms with E-state index in [2.05, 4.69) is 10.6 Å². The molecule has 0 fully saturated rings. The standard InChI is InChI=1S/C18H19Cl2N3O2S/c1-23(10-17(24)21-14-8-12(19)7-13(20)9-14)11-18(25)22-15-5-3-4-6-16(15)26-2/h3-9H,10-11H2,1-2H3,(H,21,24)(H,22,25). The van der Waals surface area contributed by atoms with Gasteiger partial charge in [0.2, 0.25) is 11.8 Å². The van der Waals surface area contributed by atoms with Gasteiger partial charge in [0.25, 0.3) is 0 Å². The molecule has 0 aliphatic heterocycles. The number of halogens is 2. The zero-order valence-corrected chi connectivity index (χ0v) is 16.7. The van der Waals surface area contributed by atoms with E-state index < -0.39 is 0 Å². The lowest BCUT2D eigenvalue weighted by Crippen LogP contribution is -2.36. The Morgan fingerprint density at radius 1 is 1.00 bits per heavy atom. The van der Waals surface area contributed by atoms with Crippen molar-refractivity contribution in [2.24, 2.45) is 0 Å². The predicted octanol–water partition coefficient (Wildman–Crippen LogP) is 4.22. The van der Waals surface area contributed by atoms with E-state index in [0.29, 0.717) is 15.7 Å². The van der Waals surface area contributed by atoms with Crippen LogP contribution in [0.5, 0.6) is 0 Å². The number of carbonyl (C=O) groups is 2. The van der Waals surface area contributed by atoms with E-state index in [-0.39, 0.29) is 24.9 Å². The average Bonchev–Trinajstić information content (AvgIpc) is 2.53. The third kappa shape index (κ3) is 6.53. The minimum absolute atomic E-state index is 0.0573.